The van der Waals surface area contributed by atoms with Gasteiger partial charge in [0.1, 0.15) is 10.9 Å². The summed E-state index contributed by atoms with van der Waals surface area (Å²) in [6.07, 6.45) is 2.33. The number of hydrogen-bond donors (Lipinski definition) is 1. The number of aryl methyl sites for hydroxylation is 3. The molecular weight excluding hydrogens is 334 g/mol. The van der Waals surface area contributed by atoms with Crippen molar-refractivity contribution >= 4 is 33.1 Å². The molecule has 1 amide bonds. The number of nitrogens with one attached hydrogen (secondary N) is 1. The van der Waals surface area contributed by atoms with Crippen LogP contribution in [0.4, 0.5) is 5.69 Å². The van der Waals surface area contributed by atoms with E-state index in [9.17, 15) is 9.59 Å². The molecule has 3 aromatic rings. The van der Waals surface area contributed by atoms with E-state index in [1.54, 1.807) is 6.92 Å². The van der Waals surface area contributed by atoms with Crippen LogP contribution in [0.15, 0.2) is 35.4 Å². The van der Waals surface area contributed by atoms with Gasteiger partial charge in [-0.05, 0) is 50.5 Å². The maximum Gasteiger partial charge on any atom is 0.262 e. The third-order valence-electron chi connectivity index (χ3n) is 4.32. The summed E-state index contributed by atoms with van der Waals surface area (Å²) in [6.45, 7) is 7.67. The highest BCUT2D eigenvalue weighted by Gasteiger charge is 2.19. The van der Waals surface area contributed by atoms with Gasteiger partial charge >= 0.3 is 0 Å². The monoisotopic (exact) mass is 355 g/mol. The van der Waals surface area contributed by atoms with Crippen molar-refractivity contribution in [1.82, 2.24) is 9.55 Å². The van der Waals surface area contributed by atoms with Crippen molar-refractivity contribution in [3.63, 3.8) is 0 Å². The maximum atomic E-state index is 12.7. The van der Waals surface area contributed by atoms with Crippen molar-refractivity contribution in [1.29, 1.82) is 0 Å². The lowest BCUT2D eigenvalue weighted by Crippen LogP contribution is -2.31. The molecular formula is C19H21N3O2S. The molecule has 0 saturated heterocycles. The number of nitrogens with zero attached hydrogens (tertiary/aromatic N) is 2. The summed E-state index contributed by atoms with van der Waals surface area (Å²) in [5, 5.41) is 3.50. The van der Waals surface area contributed by atoms with Crippen LogP contribution in [0.25, 0.3) is 10.2 Å². The van der Waals surface area contributed by atoms with Crippen molar-refractivity contribution < 1.29 is 4.79 Å². The maximum absolute atomic E-state index is 12.7. The van der Waals surface area contributed by atoms with E-state index in [0.717, 1.165) is 32.9 Å². The minimum atomic E-state index is -0.644. The molecule has 130 valence electrons. The van der Waals surface area contributed by atoms with Crippen LogP contribution in [-0.2, 0) is 11.2 Å². The first kappa shape index (κ1) is 17.4. The average molecular weight is 355 g/mol. The number of thiophene rings is 1. The van der Waals surface area contributed by atoms with Crippen molar-refractivity contribution in [2.45, 2.75) is 40.2 Å². The standard InChI is InChI=1S/C19H21N3O2S/c1-5-14-9-15-18(25-14)20-10-22(19(15)24)13(4)17(23)21-16-8-11(2)6-7-12(16)3/h6-10,13H,5H2,1-4H3,(H,21,23)/t13-/m0/s1. The fourth-order valence-electron chi connectivity index (χ4n) is 2.67. The zero-order chi connectivity index (χ0) is 18.1. The average Bonchev–Trinajstić information content (AvgIpc) is 3.02. The lowest BCUT2D eigenvalue weighted by Gasteiger charge is -2.16. The molecule has 5 nitrogen and oxygen atoms in total. The number of carbonyl (C=O) groups excluding carboxylic acids is 1. The van der Waals surface area contributed by atoms with E-state index in [-0.39, 0.29) is 11.5 Å². The second-order valence-electron chi connectivity index (χ2n) is 6.23. The predicted molar refractivity (Wildman–Crippen MR) is 103 cm³/mol. The molecule has 25 heavy (non-hydrogen) atoms. The van der Waals surface area contributed by atoms with Crippen molar-refractivity contribution in [2.75, 3.05) is 5.32 Å². The third kappa shape index (κ3) is 3.35. The van der Waals surface area contributed by atoms with Crippen molar-refractivity contribution in [2.24, 2.45) is 0 Å². The molecule has 0 radical (unpaired) electrons. The van der Waals surface area contributed by atoms with E-state index in [1.807, 2.05) is 45.0 Å². The number of amides is 1. The molecule has 3 rings (SSSR count). The van der Waals surface area contributed by atoms with Gasteiger partial charge in [0.15, 0.2) is 0 Å². The largest absolute Gasteiger partial charge is 0.324 e. The first-order chi connectivity index (χ1) is 11.9. The number of benzene rings is 1. The van der Waals surface area contributed by atoms with E-state index in [1.165, 1.54) is 22.2 Å². The Morgan fingerprint density at radius 1 is 1.32 bits per heavy atom. The van der Waals surface area contributed by atoms with E-state index in [4.69, 9.17) is 0 Å². The summed E-state index contributed by atoms with van der Waals surface area (Å²) in [5.41, 5.74) is 2.64. The molecule has 2 aromatic heterocycles. The summed E-state index contributed by atoms with van der Waals surface area (Å²) < 4.78 is 1.40. The minimum absolute atomic E-state index is 0.176. The summed E-state index contributed by atoms with van der Waals surface area (Å²) in [7, 11) is 0. The van der Waals surface area contributed by atoms with Gasteiger partial charge in [0, 0.05) is 10.6 Å². The second-order valence-corrected chi connectivity index (χ2v) is 7.34. The molecule has 1 N–H and O–H groups in total. The molecule has 0 fully saturated rings. The first-order valence-corrected chi connectivity index (χ1v) is 9.10. The van der Waals surface area contributed by atoms with E-state index in [2.05, 4.69) is 10.3 Å². The Labute approximate surface area is 150 Å². The van der Waals surface area contributed by atoms with Gasteiger partial charge in [0.05, 0.1) is 11.7 Å². The van der Waals surface area contributed by atoms with Crippen LogP contribution in [0.1, 0.15) is 35.9 Å². The molecule has 1 aromatic carbocycles. The Kier molecular flexibility index (Phi) is 4.72. The molecule has 0 spiro atoms. The van der Waals surface area contributed by atoms with Crippen LogP contribution in [0.5, 0.6) is 0 Å². The molecule has 6 heteroatoms. The fourth-order valence-corrected chi connectivity index (χ4v) is 3.60. The second kappa shape index (κ2) is 6.80. The van der Waals surface area contributed by atoms with Crippen molar-refractivity contribution in [3.05, 3.63) is 57.0 Å². The van der Waals surface area contributed by atoms with Gasteiger partial charge in [0.2, 0.25) is 5.91 Å². The smallest absolute Gasteiger partial charge is 0.262 e. The Balaban J connectivity index is 1.92. The molecule has 0 unspecified atom stereocenters. The minimum Gasteiger partial charge on any atom is -0.324 e. The number of hydrogen-bond acceptors (Lipinski definition) is 4. The Bertz CT molecular complexity index is 1000. The van der Waals surface area contributed by atoms with Gasteiger partial charge < -0.3 is 5.32 Å². The number of aromatic nitrogens is 2. The highest BCUT2D eigenvalue weighted by Crippen LogP contribution is 2.22. The van der Waals surface area contributed by atoms with E-state index in [0.29, 0.717) is 5.39 Å². The highest BCUT2D eigenvalue weighted by molar-refractivity contribution is 7.18. The van der Waals surface area contributed by atoms with Gasteiger partial charge in [-0.3, -0.25) is 14.2 Å². The summed E-state index contributed by atoms with van der Waals surface area (Å²) in [6, 6.07) is 7.12. The normalized spacial score (nSPS) is 12.3. The van der Waals surface area contributed by atoms with Gasteiger partial charge in [-0.25, -0.2) is 4.98 Å². The summed E-state index contributed by atoms with van der Waals surface area (Å²) in [5.74, 6) is -0.233. The SMILES string of the molecule is CCc1cc2c(=O)n([C@@H](C)C(=O)Nc3cc(C)ccc3C)cnc2s1. The van der Waals surface area contributed by atoms with Crippen LogP contribution in [-0.4, -0.2) is 15.5 Å². The molecule has 0 aliphatic rings. The zero-order valence-electron chi connectivity index (χ0n) is 14.8. The number of anilines is 1. The van der Waals surface area contributed by atoms with E-state index < -0.39 is 6.04 Å². The predicted octanol–water partition coefficient (Wildman–Crippen LogP) is 3.84. The highest BCUT2D eigenvalue weighted by atomic mass is 32.1. The quantitative estimate of drug-likeness (QED) is 0.773. The van der Waals surface area contributed by atoms with Gasteiger partial charge in [-0.1, -0.05) is 19.1 Å². The summed E-state index contributed by atoms with van der Waals surface area (Å²) in [4.78, 5) is 31.5. The van der Waals surface area contributed by atoms with E-state index >= 15 is 0 Å². The Hall–Kier alpha value is -2.47. The lowest BCUT2D eigenvalue weighted by molar-refractivity contribution is -0.118. The van der Waals surface area contributed by atoms with Crippen LogP contribution in [0.3, 0.4) is 0 Å². The van der Waals surface area contributed by atoms with Crippen LogP contribution in [0.2, 0.25) is 0 Å². The molecule has 0 aliphatic heterocycles. The number of carbonyl (C=O) groups is 1. The number of fused-ring (bicyclic) bond motifs is 1. The Morgan fingerprint density at radius 2 is 2.08 bits per heavy atom. The third-order valence-corrected chi connectivity index (χ3v) is 5.51. The first-order valence-electron chi connectivity index (χ1n) is 8.28. The lowest BCUT2D eigenvalue weighted by atomic mass is 10.1. The van der Waals surface area contributed by atoms with Crippen LogP contribution < -0.4 is 10.9 Å². The molecule has 1 atom stereocenters. The molecule has 2 heterocycles. The number of rotatable bonds is 4. The molecule has 0 bridgehead atoms. The molecule has 0 saturated carbocycles. The van der Waals surface area contributed by atoms with Gasteiger partial charge in [-0.2, -0.15) is 0 Å². The molecule has 0 aliphatic carbocycles. The van der Waals surface area contributed by atoms with Crippen LogP contribution >= 0.6 is 11.3 Å². The Morgan fingerprint density at radius 3 is 2.80 bits per heavy atom. The van der Waals surface area contributed by atoms with Gasteiger partial charge in [0.25, 0.3) is 5.56 Å². The van der Waals surface area contributed by atoms with Gasteiger partial charge in [-0.15, -0.1) is 11.3 Å². The zero-order valence-corrected chi connectivity index (χ0v) is 15.6. The van der Waals surface area contributed by atoms with Crippen LogP contribution in [0, 0.1) is 13.8 Å². The summed E-state index contributed by atoms with van der Waals surface area (Å²) >= 11 is 1.52. The fraction of sp³-hybridized carbons (Fsp3) is 0.316. The van der Waals surface area contributed by atoms with Crippen molar-refractivity contribution in [3.8, 4) is 0 Å². The topological polar surface area (TPSA) is 64.0 Å².